The van der Waals surface area contributed by atoms with E-state index in [1.165, 1.54) is 0 Å². The molecule has 0 saturated heterocycles. The minimum Gasteiger partial charge on any atom is -0.481 e. The lowest BCUT2D eigenvalue weighted by Crippen LogP contribution is -2.43. The van der Waals surface area contributed by atoms with E-state index in [2.05, 4.69) is 19.2 Å². The first-order valence-corrected chi connectivity index (χ1v) is 6.02. The summed E-state index contributed by atoms with van der Waals surface area (Å²) in [4.78, 5) is 11.8. The Morgan fingerprint density at radius 2 is 1.71 bits per heavy atom. The third kappa shape index (κ3) is 4.47. The number of benzene rings is 1. The molecule has 0 aliphatic carbocycles. The number of ether oxygens (including phenoxy) is 1. The second kappa shape index (κ2) is 6.28. The van der Waals surface area contributed by atoms with E-state index >= 15 is 0 Å². The van der Waals surface area contributed by atoms with Crippen molar-refractivity contribution in [3.8, 4) is 5.75 Å². The van der Waals surface area contributed by atoms with Crippen LogP contribution in [0.5, 0.6) is 5.75 Å². The molecule has 1 rings (SSSR count). The molecule has 3 heteroatoms. The molecule has 94 valence electrons. The monoisotopic (exact) mass is 235 g/mol. The van der Waals surface area contributed by atoms with Crippen LogP contribution in [-0.2, 0) is 4.79 Å². The molecule has 1 N–H and O–H groups in total. The molecule has 0 aliphatic rings. The highest BCUT2D eigenvalue weighted by Crippen LogP contribution is 2.11. The van der Waals surface area contributed by atoms with Crippen LogP contribution in [0.25, 0.3) is 0 Å². The minimum absolute atomic E-state index is 0.0740. The van der Waals surface area contributed by atoms with Gasteiger partial charge in [-0.05, 0) is 31.9 Å². The minimum atomic E-state index is -0.474. The van der Waals surface area contributed by atoms with Crippen LogP contribution in [0, 0.1) is 5.92 Å². The number of hydrogen-bond donors (Lipinski definition) is 1. The predicted molar refractivity (Wildman–Crippen MR) is 69.0 cm³/mol. The van der Waals surface area contributed by atoms with Crippen molar-refractivity contribution in [2.24, 2.45) is 5.92 Å². The summed E-state index contributed by atoms with van der Waals surface area (Å²) in [5, 5.41) is 2.94. The molecular formula is C14H21NO2. The van der Waals surface area contributed by atoms with Crippen LogP contribution in [0.4, 0.5) is 0 Å². The molecule has 1 aromatic rings. The lowest BCUT2D eigenvalue weighted by Gasteiger charge is -2.21. The molecule has 1 amide bonds. The molecule has 1 aromatic carbocycles. The highest BCUT2D eigenvalue weighted by molar-refractivity contribution is 5.80. The van der Waals surface area contributed by atoms with Crippen LogP contribution in [0.15, 0.2) is 30.3 Å². The van der Waals surface area contributed by atoms with Gasteiger partial charge in [0.1, 0.15) is 5.75 Å². The van der Waals surface area contributed by atoms with Crippen molar-refractivity contribution in [3.63, 3.8) is 0 Å². The van der Waals surface area contributed by atoms with E-state index < -0.39 is 6.10 Å². The highest BCUT2D eigenvalue weighted by Gasteiger charge is 2.18. The van der Waals surface area contributed by atoms with E-state index in [4.69, 9.17) is 4.74 Å². The van der Waals surface area contributed by atoms with Crippen molar-refractivity contribution in [3.05, 3.63) is 30.3 Å². The zero-order valence-corrected chi connectivity index (χ0v) is 10.9. The van der Waals surface area contributed by atoms with E-state index in [9.17, 15) is 4.79 Å². The van der Waals surface area contributed by atoms with E-state index in [0.717, 1.165) is 0 Å². The van der Waals surface area contributed by atoms with Gasteiger partial charge in [-0.15, -0.1) is 0 Å². The third-order valence-electron chi connectivity index (χ3n) is 2.80. The maximum Gasteiger partial charge on any atom is 0.260 e. The summed E-state index contributed by atoms with van der Waals surface area (Å²) in [5.74, 6) is 1.06. The Kier molecular flexibility index (Phi) is 5.01. The second-order valence-corrected chi connectivity index (χ2v) is 4.61. The first-order valence-electron chi connectivity index (χ1n) is 6.02. The molecule has 0 heterocycles. The van der Waals surface area contributed by atoms with Crippen LogP contribution in [0.1, 0.15) is 27.7 Å². The molecular weight excluding hydrogens is 214 g/mol. The lowest BCUT2D eigenvalue weighted by molar-refractivity contribution is -0.128. The Hall–Kier alpha value is -1.51. The summed E-state index contributed by atoms with van der Waals surface area (Å²) in [7, 11) is 0. The van der Waals surface area contributed by atoms with Gasteiger partial charge < -0.3 is 10.1 Å². The van der Waals surface area contributed by atoms with E-state index in [1.807, 2.05) is 37.3 Å². The molecule has 2 atom stereocenters. The summed E-state index contributed by atoms with van der Waals surface area (Å²) in [6.45, 7) is 7.91. The fourth-order valence-corrected chi connectivity index (χ4v) is 1.27. The van der Waals surface area contributed by atoms with Gasteiger partial charge in [-0.1, -0.05) is 32.0 Å². The number of para-hydroxylation sites is 1. The second-order valence-electron chi connectivity index (χ2n) is 4.61. The van der Waals surface area contributed by atoms with Crippen molar-refractivity contribution in [2.75, 3.05) is 0 Å². The fourth-order valence-electron chi connectivity index (χ4n) is 1.27. The highest BCUT2D eigenvalue weighted by atomic mass is 16.5. The van der Waals surface area contributed by atoms with E-state index in [0.29, 0.717) is 11.7 Å². The van der Waals surface area contributed by atoms with Crippen molar-refractivity contribution < 1.29 is 9.53 Å². The molecule has 0 spiro atoms. The maximum atomic E-state index is 11.8. The van der Waals surface area contributed by atoms with Crippen LogP contribution in [0.2, 0.25) is 0 Å². The molecule has 0 unspecified atom stereocenters. The summed E-state index contributed by atoms with van der Waals surface area (Å²) < 4.78 is 5.54. The summed E-state index contributed by atoms with van der Waals surface area (Å²) in [6.07, 6.45) is -0.474. The van der Waals surface area contributed by atoms with Gasteiger partial charge in [-0.25, -0.2) is 0 Å². The third-order valence-corrected chi connectivity index (χ3v) is 2.80. The first-order chi connectivity index (χ1) is 8.00. The summed E-state index contributed by atoms with van der Waals surface area (Å²) in [5.41, 5.74) is 0. The Labute approximate surface area is 103 Å². The number of carbonyl (C=O) groups is 1. The molecule has 0 aromatic heterocycles. The zero-order valence-electron chi connectivity index (χ0n) is 10.9. The smallest absolute Gasteiger partial charge is 0.260 e. The molecule has 0 bridgehead atoms. The zero-order chi connectivity index (χ0) is 12.8. The topological polar surface area (TPSA) is 38.3 Å². The summed E-state index contributed by atoms with van der Waals surface area (Å²) >= 11 is 0. The largest absolute Gasteiger partial charge is 0.481 e. The molecule has 0 radical (unpaired) electrons. The van der Waals surface area contributed by atoms with Gasteiger partial charge in [-0.3, -0.25) is 4.79 Å². The van der Waals surface area contributed by atoms with Crippen molar-refractivity contribution >= 4 is 5.91 Å². The van der Waals surface area contributed by atoms with Gasteiger partial charge in [0, 0.05) is 6.04 Å². The van der Waals surface area contributed by atoms with Gasteiger partial charge in [0.05, 0.1) is 0 Å². The average Bonchev–Trinajstić information content (AvgIpc) is 2.29. The average molecular weight is 235 g/mol. The summed E-state index contributed by atoms with van der Waals surface area (Å²) in [6, 6.07) is 9.53. The Morgan fingerprint density at radius 3 is 2.24 bits per heavy atom. The number of nitrogens with one attached hydrogen (secondary N) is 1. The molecule has 0 aliphatic heterocycles. The van der Waals surface area contributed by atoms with E-state index in [-0.39, 0.29) is 11.9 Å². The normalized spacial score (nSPS) is 14.2. The molecule has 17 heavy (non-hydrogen) atoms. The van der Waals surface area contributed by atoms with Crippen molar-refractivity contribution in [2.45, 2.75) is 39.8 Å². The van der Waals surface area contributed by atoms with Crippen LogP contribution in [0.3, 0.4) is 0 Å². The number of hydrogen-bond acceptors (Lipinski definition) is 2. The SMILES string of the molecule is CC(C)[C@@H](C)NC(=O)[C@H](C)Oc1ccccc1. The number of carbonyl (C=O) groups excluding carboxylic acids is 1. The van der Waals surface area contributed by atoms with Crippen molar-refractivity contribution in [1.82, 2.24) is 5.32 Å². The molecule has 0 saturated carbocycles. The van der Waals surface area contributed by atoms with E-state index in [1.54, 1.807) is 6.92 Å². The fraction of sp³-hybridized carbons (Fsp3) is 0.500. The number of rotatable bonds is 5. The number of amides is 1. The lowest BCUT2D eigenvalue weighted by atomic mass is 10.1. The maximum absolute atomic E-state index is 11.8. The van der Waals surface area contributed by atoms with Gasteiger partial charge in [-0.2, -0.15) is 0 Å². The van der Waals surface area contributed by atoms with Crippen LogP contribution < -0.4 is 10.1 Å². The quantitative estimate of drug-likeness (QED) is 0.852. The van der Waals surface area contributed by atoms with Crippen LogP contribution in [-0.4, -0.2) is 18.1 Å². The Balaban J connectivity index is 2.48. The van der Waals surface area contributed by atoms with Crippen molar-refractivity contribution in [1.29, 1.82) is 0 Å². The van der Waals surface area contributed by atoms with Gasteiger partial charge in [0.2, 0.25) is 0 Å². The first kappa shape index (κ1) is 13.6. The standard InChI is InChI=1S/C14H21NO2/c1-10(2)11(3)15-14(16)12(4)17-13-8-6-5-7-9-13/h5-12H,1-4H3,(H,15,16)/t11-,12+/m1/s1. The van der Waals surface area contributed by atoms with Gasteiger partial charge >= 0.3 is 0 Å². The van der Waals surface area contributed by atoms with Gasteiger partial charge in [0.25, 0.3) is 5.91 Å². The van der Waals surface area contributed by atoms with Gasteiger partial charge in [0.15, 0.2) is 6.10 Å². The Morgan fingerprint density at radius 1 is 1.12 bits per heavy atom. The Bertz CT molecular complexity index is 348. The predicted octanol–water partition coefficient (Wildman–Crippen LogP) is 2.61. The molecule has 0 fully saturated rings. The molecule has 3 nitrogen and oxygen atoms in total. The van der Waals surface area contributed by atoms with Crippen LogP contribution >= 0.6 is 0 Å².